The van der Waals surface area contributed by atoms with Gasteiger partial charge < -0.3 is 24.5 Å². The number of unbranched alkanes of at least 4 members (excludes halogenated alkanes) is 2. The van der Waals surface area contributed by atoms with Crippen LogP contribution in [-0.2, 0) is 12.0 Å². The van der Waals surface area contributed by atoms with Gasteiger partial charge in [0.1, 0.15) is 12.6 Å². The van der Waals surface area contributed by atoms with Crippen molar-refractivity contribution in [2.24, 2.45) is 0 Å². The zero-order chi connectivity index (χ0) is 18.4. The van der Waals surface area contributed by atoms with Crippen molar-refractivity contribution in [2.45, 2.75) is 63.2 Å². The highest BCUT2D eigenvalue weighted by atomic mass is 16.5. The topological polar surface area (TPSA) is 68.7 Å². The van der Waals surface area contributed by atoms with Crippen molar-refractivity contribution in [3.05, 3.63) is 35.4 Å². The summed E-state index contributed by atoms with van der Waals surface area (Å²) in [5.41, 5.74) is 2.60. The predicted octanol–water partition coefficient (Wildman–Crippen LogP) is 3.38. The van der Waals surface area contributed by atoms with Gasteiger partial charge in [0.25, 0.3) is 0 Å². The van der Waals surface area contributed by atoms with E-state index in [4.69, 9.17) is 9.47 Å². The maximum atomic E-state index is 10.2. The van der Waals surface area contributed by atoms with Gasteiger partial charge >= 0.3 is 0 Å². The molecule has 150 valence electrons. The molecule has 3 aliphatic rings. The molecule has 1 aliphatic carbocycles. The van der Waals surface area contributed by atoms with E-state index in [1.54, 1.807) is 7.11 Å². The number of aliphatic hydroxyl groups is 1. The van der Waals surface area contributed by atoms with Crippen LogP contribution in [0.2, 0.25) is 0 Å². The lowest BCUT2D eigenvalue weighted by molar-refractivity contribution is -0.922. The molecule has 0 saturated carbocycles. The molecule has 2 aliphatic heterocycles. The Morgan fingerprint density at radius 2 is 2.15 bits per heavy atom. The highest BCUT2D eigenvalue weighted by Crippen LogP contribution is 2.56. The SMILES string of the molecule is CCCCC[N+]1(C)CC[C@@]23C=C[C@H](O)C[C@@H]2Oc2c(OC)ccc(c23)C1.[OH-]. The summed E-state index contributed by atoms with van der Waals surface area (Å²) in [5.74, 6) is 1.73. The van der Waals surface area contributed by atoms with E-state index in [-0.39, 0.29) is 17.0 Å². The molecule has 0 radical (unpaired) electrons. The van der Waals surface area contributed by atoms with Crippen LogP contribution in [0.15, 0.2) is 24.3 Å². The highest BCUT2D eigenvalue weighted by molar-refractivity contribution is 5.60. The third kappa shape index (κ3) is 3.26. The molecule has 1 aromatic carbocycles. The Bertz CT molecular complexity index is 719. The minimum Gasteiger partial charge on any atom is -0.870 e. The van der Waals surface area contributed by atoms with E-state index in [1.165, 1.54) is 36.9 Å². The van der Waals surface area contributed by atoms with Crippen LogP contribution in [0.4, 0.5) is 0 Å². The van der Waals surface area contributed by atoms with Gasteiger partial charge in [-0.25, -0.2) is 0 Å². The molecular weight excluding hydrogens is 342 g/mol. The Hall–Kier alpha value is -1.56. The Morgan fingerprint density at radius 3 is 2.89 bits per heavy atom. The van der Waals surface area contributed by atoms with Gasteiger partial charge in [0.15, 0.2) is 11.5 Å². The van der Waals surface area contributed by atoms with Crippen LogP contribution in [0.25, 0.3) is 0 Å². The predicted molar refractivity (Wildman–Crippen MR) is 105 cm³/mol. The highest BCUT2D eigenvalue weighted by Gasteiger charge is 2.54. The van der Waals surface area contributed by atoms with E-state index in [1.807, 2.05) is 6.08 Å². The maximum absolute atomic E-state index is 10.2. The molecule has 4 atom stereocenters. The molecule has 0 aromatic heterocycles. The fraction of sp³-hybridized carbons (Fsp3) is 0.636. The van der Waals surface area contributed by atoms with Gasteiger partial charge in [-0.15, -0.1) is 0 Å². The van der Waals surface area contributed by atoms with Crippen LogP contribution in [0.3, 0.4) is 0 Å². The van der Waals surface area contributed by atoms with E-state index >= 15 is 0 Å². The summed E-state index contributed by atoms with van der Waals surface area (Å²) >= 11 is 0. The van der Waals surface area contributed by atoms with Gasteiger partial charge in [-0.2, -0.15) is 0 Å². The Labute approximate surface area is 162 Å². The third-order valence-electron chi connectivity index (χ3n) is 6.72. The van der Waals surface area contributed by atoms with Crippen molar-refractivity contribution in [1.82, 2.24) is 0 Å². The second-order valence-electron chi connectivity index (χ2n) is 8.62. The number of nitrogens with zero attached hydrogens (tertiary/aromatic N) is 1. The van der Waals surface area contributed by atoms with Crippen LogP contribution >= 0.6 is 0 Å². The van der Waals surface area contributed by atoms with Gasteiger partial charge in [0.05, 0.1) is 38.8 Å². The van der Waals surface area contributed by atoms with Gasteiger partial charge in [-0.05, 0) is 25.0 Å². The second-order valence-corrected chi connectivity index (χ2v) is 8.62. The normalized spacial score (nSPS) is 33.3. The second kappa shape index (κ2) is 7.46. The molecule has 2 heterocycles. The van der Waals surface area contributed by atoms with Crippen LogP contribution in [-0.4, -0.2) is 54.5 Å². The Kier molecular flexibility index (Phi) is 5.57. The molecule has 0 bridgehead atoms. The standard InChI is InChI=1S/C22H32NO3.H2O/c1-4-5-6-12-23(2)13-11-22-10-9-17(24)14-19(22)26-21-18(25-3)8-7-16(15-23)20(21)22;/h7-10,17,19,24H,4-6,11-15H2,1-3H3;1H2/q+1;/p-1/t17-,19-,22-,23?;/m0./s1. The summed E-state index contributed by atoms with van der Waals surface area (Å²) in [6.45, 7) is 5.68. The molecule has 0 fully saturated rings. The number of benzene rings is 1. The van der Waals surface area contributed by atoms with E-state index in [9.17, 15) is 5.11 Å². The number of hydrogen-bond acceptors (Lipinski definition) is 4. The minimum atomic E-state index is -0.414. The summed E-state index contributed by atoms with van der Waals surface area (Å²) in [6.07, 6.45) is 9.39. The zero-order valence-electron chi connectivity index (χ0n) is 16.8. The summed E-state index contributed by atoms with van der Waals surface area (Å²) < 4.78 is 13.1. The molecule has 5 nitrogen and oxygen atoms in total. The largest absolute Gasteiger partial charge is 0.870 e. The molecule has 2 N–H and O–H groups in total. The molecule has 0 amide bonds. The van der Waals surface area contributed by atoms with Crippen LogP contribution in [0.5, 0.6) is 11.5 Å². The van der Waals surface area contributed by atoms with Crippen molar-refractivity contribution in [2.75, 3.05) is 27.2 Å². The smallest absolute Gasteiger partial charge is 0.166 e. The fourth-order valence-electron chi connectivity index (χ4n) is 5.21. The van der Waals surface area contributed by atoms with E-state index in [0.29, 0.717) is 6.42 Å². The van der Waals surface area contributed by atoms with Crippen molar-refractivity contribution < 1.29 is 24.5 Å². The number of aliphatic hydroxyl groups excluding tert-OH is 1. The fourth-order valence-corrected chi connectivity index (χ4v) is 5.21. The molecule has 27 heavy (non-hydrogen) atoms. The first-order valence-electron chi connectivity index (χ1n) is 10.1. The molecule has 1 spiro atoms. The third-order valence-corrected chi connectivity index (χ3v) is 6.72. The van der Waals surface area contributed by atoms with Crippen LogP contribution in [0.1, 0.15) is 50.2 Å². The number of ether oxygens (including phenoxy) is 2. The monoisotopic (exact) mass is 375 g/mol. The van der Waals surface area contributed by atoms with Gasteiger partial charge in [-0.3, -0.25) is 0 Å². The lowest BCUT2D eigenvalue weighted by atomic mass is 9.69. The number of quaternary nitrogens is 1. The number of methoxy groups -OCH3 is 1. The lowest BCUT2D eigenvalue weighted by Gasteiger charge is -2.37. The van der Waals surface area contributed by atoms with Crippen LogP contribution < -0.4 is 9.47 Å². The van der Waals surface area contributed by atoms with E-state index in [2.05, 4.69) is 32.2 Å². The molecule has 0 saturated heterocycles. The molecular formula is C22H33NO4. The van der Waals surface area contributed by atoms with Crippen LogP contribution in [0, 0.1) is 0 Å². The Balaban J connectivity index is 0.00000210. The van der Waals surface area contributed by atoms with Crippen molar-refractivity contribution in [3.8, 4) is 11.5 Å². The molecule has 5 heteroatoms. The van der Waals surface area contributed by atoms with Gasteiger partial charge in [0.2, 0.25) is 0 Å². The summed E-state index contributed by atoms with van der Waals surface area (Å²) in [5, 5.41) is 10.2. The Morgan fingerprint density at radius 1 is 1.33 bits per heavy atom. The quantitative estimate of drug-likeness (QED) is 0.487. The molecule has 1 aromatic rings. The van der Waals surface area contributed by atoms with Gasteiger partial charge in [0, 0.05) is 24.0 Å². The molecule has 1 unspecified atom stereocenters. The summed E-state index contributed by atoms with van der Waals surface area (Å²) in [7, 11) is 4.11. The van der Waals surface area contributed by atoms with Gasteiger partial charge in [-0.1, -0.05) is 25.5 Å². The average molecular weight is 376 g/mol. The lowest BCUT2D eigenvalue weighted by Crippen LogP contribution is -2.47. The first-order valence-corrected chi connectivity index (χ1v) is 10.1. The van der Waals surface area contributed by atoms with Crippen molar-refractivity contribution in [3.63, 3.8) is 0 Å². The van der Waals surface area contributed by atoms with Crippen molar-refractivity contribution in [1.29, 1.82) is 0 Å². The van der Waals surface area contributed by atoms with E-state index in [0.717, 1.165) is 35.5 Å². The average Bonchev–Trinajstić information content (AvgIpc) is 2.89. The summed E-state index contributed by atoms with van der Waals surface area (Å²) in [4.78, 5) is 0. The zero-order valence-corrected chi connectivity index (χ0v) is 16.8. The minimum absolute atomic E-state index is 0. The first kappa shape index (κ1) is 20.2. The van der Waals surface area contributed by atoms with E-state index < -0.39 is 6.10 Å². The summed E-state index contributed by atoms with van der Waals surface area (Å²) in [6, 6.07) is 4.30. The van der Waals surface area contributed by atoms with Crippen molar-refractivity contribution >= 4 is 0 Å². The number of rotatable bonds is 5. The first-order chi connectivity index (χ1) is 12.5. The number of hydrogen-bond donors (Lipinski definition) is 1. The maximum Gasteiger partial charge on any atom is 0.166 e. The molecule has 4 rings (SSSR count).